The fourth-order valence-corrected chi connectivity index (χ4v) is 5.28. The Labute approximate surface area is 122 Å². The van der Waals surface area contributed by atoms with Gasteiger partial charge in [-0.1, -0.05) is 24.3 Å². The molecule has 0 aromatic heterocycles. The molecule has 1 aliphatic heterocycles. The number of fused-ring (bicyclic) bond motifs is 2. The lowest BCUT2D eigenvalue weighted by Gasteiger charge is -2.15. The van der Waals surface area contributed by atoms with E-state index < -0.39 is 0 Å². The summed E-state index contributed by atoms with van der Waals surface area (Å²) in [5.41, 5.74) is 2.32. The first-order chi connectivity index (χ1) is 8.93. The molecule has 2 nitrogen and oxygen atoms in total. The van der Waals surface area contributed by atoms with E-state index in [1.807, 2.05) is 0 Å². The lowest BCUT2D eigenvalue weighted by Crippen LogP contribution is -1.91. The highest BCUT2D eigenvalue weighted by atomic mass is 33.1. The highest BCUT2D eigenvalue weighted by Gasteiger charge is 2.09. The van der Waals surface area contributed by atoms with Crippen LogP contribution in [0.25, 0.3) is 0 Å². The standard InChI is InChI=1S/C12H10N2S4/c1-3-7-11-9(5-1)13-17-16-12-8-4-2-6-10(12)14-18-15-11/h1-8,13-14H. The van der Waals surface area contributed by atoms with E-state index in [9.17, 15) is 0 Å². The Hall–Kier alpha value is -0.560. The molecule has 18 heavy (non-hydrogen) atoms. The van der Waals surface area contributed by atoms with Crippen molar-refractivity contribution in [2.75, 3.05) is 9.44 Å². The fourth-order valence-electron chi connectivity index (χ4n) is 1.47. The molecule has 0 bridgehead atoms. The number of hydrogen-bond acceptors (Lipinski definition) is 6. The van der Waals surface area contributed by atoms with Gasteiger partial charge in [0.05, 0.1) is 11.4 Å². The molecule has 0 fully saturated rings. The van der Waals surface area contributed by atoms with Crippen LogP contribution in [0.15, 0.2) is 58.3 Å². The first kappa shape index (κ1) is 12.5. The minimum absolute atomic E-state index is 1.16. The Morgan fingerprint density at radius 3 is 1.56 bits per heavy atom. The van der Waals surface area contributed by atoms with Gasteiger partial charge in [0.15, 0.2) is 0 Å². The van der Waals surface area contributed by atoms with Crippen LogP contribution in [-0.2, 0) is 0 Å². The van der Waals surface area contributed by atoms with Crippen LogP contribution < -0.4 is 9.44 Å². The number of para-hydroxylation sites is 2. The third-order valence-electron chi connectivity index (χ3n) is 2.34. The molecule has 2 aromatic carbocycles. The van der Waals surface area contributed by atoms with Crippen molar-refractivity contribution >= 4 is 54.9 Å². The number of hydrogen-bond donors (Lipinski definition) is 2. The SMILES string of the molecule is c1ccc2c(c1)NSSc1ccccc1NSS2. The summed E-state index contributed by atoms with van der Waals surface area (Å²) in [4.78, 5) is 2.48. The van der Waals surface area contributed by atoms with Crippen LogP contribution in [0, 0.1) is 0 Å². The number of anilines is 2. The molecular formula is C12H10N2S4. The Kier molecular flexibility index (Phi) is 4.20. The van der Waals surface area contributed by atoms with E-state index in [0.717, 1.165) is 11.4 Å². The smallest absolute Gasteiger partial charge is 0.0593 e. The predicted octanol–water partition coefficient (Wildman–Crippen LogP) is 5.53. The van der Waals surface area contributed by atoms with Crippen LogP contribution in [0.3, 0.4) is 0 Å². The average Bonchev–Trinajstić information content (AvgIpc) is 2.43. The summed E-state index contributed by atoms with van der Waals surface area (Å²) in [7, 11) is 6.74. The molecular weight excluding hydrogens is 300 g/mol. The summed E-state index contributed by atoms with van der Waals surface area (Å²) in [6.07, 6.45) is 0. The van der Waals surface area contributed by atoms with E-state index in [-0.39, 0.29) is 0 Å². The predicted molar refractivity (Wildman–Crippen MR) is 87.0 cm³/mol. The molecule has 2 aromatic rings. The van der Waals surface area contributed by atoms with Gasteiger partial charge in [-0.05, 0) is 45.9 Å². The normalized spacial score (nSPS) is 14.7. The van der Waals surface area contributed by atoms with Crippen LogP contribution in [0.5, 0.6) is 0 Å². The van der Waals surface area contributed by atoms with Gasteiger partial charge < -0.3 is 9.44 Å². The van der Waals surface area contributed by atoms with Crippen molar-refractivity contribution in [3.8, 4) is 0 Å². The molecule has 3 rings (SSSR count). The van der Waals surface area contributed by atoms with Gasteiger partial charge in [0, 0.05) is 31.8 Å². The van der Waals surface area contributed by atoms with Gasteiger partial charge in [-0.25, -0.2) is 0 Å². The van der Waals surface area contributed by atoms with E-state index in [0.29, 0.717) is 0 Å². The van der Waals surface area contributed by atoms with Crippen molar-refractivity contribution < 1.29 is 0 Å². The number of rotatable bonds is 0. The highest BCUT2D eigenvalue weighted by Crippen LogP contribution is 2.44. The third kappa shape index (κ3) is 2.88. The van der Waals surface area contributed by atoms with Gasteiger partial charge in [0.25, 0.3) is 0 Å². The summed E-state index contributed by atoms with van der Waals surface area (Å²) in [5, 5.41) is 0. The maximum absolute atomic E-state index is 3.39. The minimum atomic E-state index is 1.16. The van der Waals surface area contributed by atoms with Crippen LogP contribution in [-0.4, -0.2) is 0 Å². The van der Waals surface area contributed by atoms with Gasteiger partial charge in [0.2, 0.25) is 0 Å². The maximum Gasteiger partial charge on any atom is 0.0593 e. The molecule has 2 N–H and O–H groups in total. The van der Waals surface area contributed by atoms with E-state index in [4.69, 9.17) is 0 Å². The monoisotopic (exact) mass is 310 g/mol. The van der Waals surface area contributed by atoms with Gasteiger partial charge in [-0.15, -0.1) is 0 Å². The average molecular weight is 310 g/mol. The van der Waals surface area contributed by atoms with Crippen molar-refractivity contribution in [3.63, 3.8) is 0 Å². The number of benzene rings is 2. The molecule has 92 valence electrons. The summed E-state index contributed by atoms with van der Waals surface area (Å²) < 4.78 is 6.78. The van der Waals surface area contributed by atoms with Crippen molar-refractivity contribution in [3.05, 3.63) is 48.5 Å². The molecule has 0 saturated carbocycles. The molecule has 0 unspecified atom stereocenters. The van der Waals surface area contributed by atoms with Crippen molar-refractivity contribution in [1.82, 2.24) is 0 Å². The summed E-state index contributed by atoms with van der Waals surface area (Å²) in [6, 6.07) is 16.7. The maximum atomic E-state index is 3.39. The molecule has 1 aliphatic rings. The second-order valence-corrected chi connectivity index (χ2v) is 7.48. The molecule has 0 saturated heterocycles. The Balaban J connectivity index is 1.85. The van der Waals surface area contributed by atoms with Crippen molar-refractivity contribution in [2.24, 2.45) is 0 Å². The van der Waals surface area contributed by atoms with Crippen LogP contribution in [0.1, 0.15) is 0 Å². The Morgan fingerprint density at radius 1 is 0.611 bits per heavy atom. The first-order valence-electron chi connectivity index (χ1n) is 5.30. The zero-order valence-electron chi connectivity index (χ0n) is 9.25. The highest BCUT2D eigenvalue weighted by molar-refractivity contribution is 8.78. The molecule has 0 aliphatic carbocycles. The second-order valence-electron chi connectivity index (χ2n) is 3.53. The van der Waals surface area contributed by atoms with E-state index in [2.05, 4.69) is 58.0 Å². The molecule has 0 spiro atoms. The first-order valence-corrected chi connectivity index (χ1v) is 9.60. The third-order valence-corrected chi connectivity index (χ3v) is 6.26. The van der Waals surface area contributed by atoms with Crippen LogP contribution in [0.4, 0.5) is 11.4 Å². The topological polar surface area (TPSA) is 24.1 Å². The lowest BCUT2D eigenvalue weighted by molar-refractivity contribution is 1.47. The Morgan fingerprint density at radius 2 is 1.06 bits per heavy atom. The van der Waals surface area contributed by atoms with Gasteiger partial charge >= 0.3 is 0 Å². The van der Waals surface area contributed by atoms with Gasteiger partial charge in [-0.2, -0.15) is 0 Å². The largest absolute Gasteiger partial charge is 0.319 e. The minimum Gasteiger partial charge on any atom is -0.319 e. The van der Waals surface area contributed by atoms with Gasteiger partial charge in [-0.3, -0.25) is 0 Å². The summed E-state index contributed by atoms with van der Waals surface area (Å²) in [5.74, 6) is 0. The second kappa shape index (κ2) is 6.06. The van der Waals surface area contributed by atoms with E-state index in [1.54, 1.807) is 43.5 Å². The number of nitrogens with one attached hydrogen (secondary N) is 2. The fraction of sp³-hybridized carbons (Fsp3) is 0. The van der Waals surface area contributed by atoms with Crippen molar-refractivity contribution in [2.45, 2.75) is 9.79 Å². The summed E-state index contributed by atoms with van der Waals surface area (Å²) in [6.45, 7) is 0. The zero-order valence-corrected chi connectivity index (χ0v) is 12.5. The lowest BCUT2D eigenvalue weighted by atomic mass is 10.3. The van der Waals surface area contributed by atoms with E-state index in [1.165, 1.54) is 9.79 Å². The van der Waals surface area contributed by atoms with Crippen LogP contribution in [0.2, 0.25) is 0 Å². The zero-order chi connectivity index (χ0) is 12.2. The Bertz CT molecular complexity index is 452. The molecule has 0 amide bonds. The van der Waals surface area contributed by atoms with Crippen LogP contribution >= 0.6 is 43.5 Å². The van der Waals surface area contributed by atoms with Gasteiger partial charge in [0.1, 0.15) is 0 Å². The van der Waals surface area contributed by atoms with E-state index >= 15 is 0 Å². The summed E-state index contributed by atoms with van der Waals surface area (Å²) >= 11 is 0. The quantitative estimate of drug-likeness (QED) is 0.490. The molecule has 6 heteroatoms. The molecule has 1 heterocycles. The van der Waals surface area contributed by atoms with Crippen molar-refractivity contribution in [1.29, 1.82) is 0 Å². The molecule has 0 atom stereocenters. The molecule has 0 radical (unpaired) electrons.